The summed E-state index contributed by atoms with van der Waals surface area (Å²) in [7, 11) is 0. The maximum Gasteiger partial charge on any atom is 0.343 e. The minimum Gasteiger partial charge on any atom is -0.494 e. The summed E-state index contributed by atoms with van der Waals surface area (Å²) >= 11 is 0. The highest BCUT2D eigenvalue weighted by Gasteiger charge is 2.24. The standard InChI is InChI=1S/C31H40FNO3/c1-2-3-4-5-6-7-11-24-12-8-9-13-25(24)14-10-21-35-28-18-15-26(16-19-28)31(34)36-29-20-17-27(23-33)30(32)22-29/h15-20,22,24-25H,2-14,21H2,1H3. The first-order valence-electron chi connectivity index (χ1n) is 13.8. The molecule has 2 aromatic carbocycles. The van der Waals surface area contributed by atoms with Crippen molar-refractivity contribution < 1.29 is 18.7 Å². The molecule has 2 atom stereocenters. The molecule has 1 aliphatic rings. The third-order valence-electron chi connectivity index (χ3n) is 7.34. The summed E-state index contributed by atoms with van der Waals surface area (Å²) in [5, 5.41) is 8.80. The highest BCUT2D eigenvalue weighted by Crippen LogP contribution is 2.36. The van der Waals surface area contributed by atoms with Crippen LogP contribution in [0.2, 0.25) is 0 Å². The highest BCUT2D eigenvalue weighted by atomic mass is 19.1. The van der Waals surface area contributed by atoms with Gasteiger partial charge < -0.3 is 9.47 Å². The lowest BCUT2D eigenvalue weighted by Gasteiger charge is -2.32. The maximum atomic E-state index is 13.7. The molecule has 0 bridgehead atoms. The summed E-state index contributed by atoms with van der Waals surface area (Å²) < 4.78 is 24.9. The van der Waals surface area contributed by atoms with E-state index in [1.165, 1.54) is 89.2 Å². The van der Waals surface area contributed by atoms with Gasteiger partial charge in [-0.05, 0) is 61.1 Å². The Kier molecular flexibility index (Phi) is 11.8. The molecular formula is C31H40FNO3. The van der Waals surface area contributed by atoms with Crippen molar-refractivity contribution in [3.8, 4) is 17.6 Å². The Hall–Kier alpha value is -2.87. The summed E-state index contributed by atoms with van der Waals surface area (Å²) in [4.78, 5) is 12.3. The molecule has 0 heterocycles. The second kappa shape index (κ2) is 15.3. The van der Waals surface area contributed by atoms with Gasteiger partial charge in [-0.3, -0.25) is 0 Å². The van der Waals surface area contributed by atoms with Crippen LogP contribution in [0.5, 0.6) is 11.5 Å². The van der Waals surface area contributed by atoms with Crippen LogP contribution < -0.4 is 9.47 Å². The van der Waals surface area contributed by atoms with Gasteiger partial charge in [0.2, 0.25) is 0 Å². The number of carbonyl (C=O) groups is 1. The molecule has 1 aliphatic carbocycles. The summed E-state index contributed by atoms with van der Waals surface area (Å²) in [5.74, 6) is 1.22. The largest absolute Gasteiger partial charge is 0.494 e. The van der Waals surface area contributed by atoms with Gasteiger partial charge in [-0.25, -0.2) is 9.18 Å². The molecule has 0 aliphatic heterocycles. The Morgan fingerprint density at radius 1 is 0.917 bits per heavy atom. The Balaban J connectivity index is 1.37. The van der Waals surface area contributed by atoms with E-state index in [-0.39, 0.29) is 11.3 Å². The van der Waals surface area contributed by atoms with Gasteiger partial charge in [-0.1, -0.05) is 77.6 Å². The number of nitrogens with zero attached hydrogens (tertiary/aromatic N) is 1. The average Bonchev–Trinajstić information content (AvgIpc) is 2.90. The average molecular weight is 494 g/mol. The van der Waals surface area contributed by atoms with Crippen molar-refractivity contribution >= 4 is 5.97 Å². The van der Waals surface area contributed by atoms with Crippen molar-refractivity contribution in [3.63, 3.8) is 0 Å². The number of ether oxygens (including phenoxy) is 2. The van der Waals surface area contributed by atoms with Gasteiger partial charge in [0.05, 0.1) is 17.7 Å². The second-order valence-corrected chi connectivity index (χ2v) is 10.0. The van der Waals surface area contributed by atoms with Crippen LogP contribution >= 0.6 is 0 Å². The highest BCUT2D eigenvalue weighted by molar-refractivity contribution is 5.91. The summed E-state index contributed by atoms with van der Waals surface area (Å²) in [6.07, 6.45) is 17.4. The molecule has 1 fully saturated rings. The molecule has 0 N–H and O–H groups in total. The van der Waals surface area contributed by atoms with Crippen LogP contribution in [-0.4, -0.2) is 12.6 Å². The lowest BCUT2D eigenvalue weighted by atomic mass is 9.74. The molecule has 3 rings (SSSR count). The van der Waals surface area contributed by atoms with E-state index in [9.17, 15) is 9.18 Å². The zero-order valence-corrected chi connectivity index (χ0v) is 21.6. The zero-order valence-electron chi connectivity index (χ0n) is 21.6. The molecule has 2 aromatic rings. The number of benzene rings is 2. The molecular weight excluding hydrogens is 453 g/mol. The number of rotatable bonds is 14. The first kappa shape index (κ1) is 27.7. The van der Waals surface area contributed by atoms with E-state index < -0.39 is 11.8 Å². The van der Waals surface area contributed by atoms with E-state index in [4.69, 9.17) is 14.7 Å². The maximum absolute atomic E-state index is 13.7. The van der Waals surface area contributed by atoms with E-state index >= 15 is 0 Å². The number of hydrogen-bond donors (Lipinski definition) is 0. The Labute approximate surface area is 215 Å². The van der Waals surface area contributed by atoms with Gasteiger partial charge >= 0.3 is 5.97 Å². The smallest absolute Gasteiger partial charge is 0.343 e. The van der Waals surface area contributed by atoms with Crippen LogP contribution in [0, 0.1) is 29.0 Å². The predicted molar refractivity (Wildman–Crippen MR) is 141 cm³/mol. The minimum absolute atomic E-state index is 0.0642. The number of carbonyl (C=O) groups excluding carboxylic acids is 1. The van der Waals surface area contributed by atoms with Crippen LogP contribution in [0.1, 0.15) is 106 Å². The molecule has 0 spiro atoms. The molecule has 0 amide bonds. The lowest BCUT2D eigenvalue weighted by Crippen LogP contribution is -2.20. The SMILES string of the molecule is CCCCCCCCC1CCCCC1CCCOc1ccc(C(=O)Oc2ccc(C#N)c(F)c2)cc1. The van der Waals surface area contributed by atoms with Gasteiger partial charge in [0.15, 0.2) is 0 Å². The minimum atomic E-state index is -0.714. The molecule has 0 saturated heterocycles. The van der Waals surface area contributed by atoms with E-state index in [0.717, 1.165) is 30.1 Å². The molecule has 0 aromatic heterocycles. The van der Waals surface area contributed by atoms with Crippen LogP contribution in [0.4, 0.5) is 4.39 Å². The molecule has 1 saturated carbocycles. The third-order valence-corrected chi connectivity index (χ3v) is 7.34. The van der Waals surface area contributed by atoms with Crippen LogP contribution in [0.3, 0.4) is 0 Å². The molecule has 5 heteroatoms. The quantitative estimate of drug-likeness (QED) is 0.150. The van der Waals surface area contributed by atoms with Crippen molar-refractivity contribution in [2.24, 2.45) is 11.8 Å². The van der Waals surface area contributed by atoms with E-state index in [2.05, 4.69) is 6.92 Å². The van der Waals surface area contributed by atoms with Crippen LogP contribution in [0.25, 0.3) is 0 Å². The Bertz CT molecular complexity index is 982. The van der Waals surface area contributed by atoms with Gasteiger partial charge in [0.1, 0.15) is 23.4 Å². The van der Waals surface area contributed by atoms with Crippen molar-refractivity contribution in [2.45, 2.75) is 90.4 Å². The predicted octanol–water partition coefficient (Wildman–Crippen LogP) is 8.63. The second-order valence-electron chi connectivity index (χ2n) is 10.0. The number of hydrogen-bond acceptors (Lipinski definition) is 4. The molecule has 194 valence electrons. The summed E-state index contributed by atoms with van der Waals surface area (Å²) in [6, 6.07) is 12.3. The van der Waals surface area contributed by atoms with Gasteiger partial charge in [0, 0.05) is 6.07 Å². The third kappa shape index (κ3) is 8.97. The number of nitriles is 1. The number of unbranched alkanes of at least 4 members (excludes halogenated alkanes) is 5. The first-order chi connectivity index (χ1) is 17.6. The van der Waals surface area contributed by atoms with E-state index in [1.807, 2.05) is 0 Å². The van der Waals surface area contributed by atoms with Crippen LogP contribution in [-0.2, 0) is 0 Å². The normalized spacial score (nSPS) is 17.4. The summed E-state index contributed by atoms with van der Waals surface area (Å²) in [5.41, 5.74) is 0.264. The van der Waals surface area contributed by atoms with Gasteiger partial charge in [-0.15, -0.1) is 0 Å². The van der Waals surface area contributed by atoms with Crippen molar-refractivity contribution in [1.82, 2.24) is 0 Å². The fourth-order valence-electron chi connectivity index (χ4n) is 5.27. The topological polar surface area (TPSA) is 59.3 Å². The van der Waals surface area contributed by atoms with E-state index in [1.54, 1.807) is 30.3 Å². The Morgan fingerprint density at radius 2 is 1.56 bits per heavy atom. The fourth-order valence-corrected chi connectivity index (χ4v) is 5.27. The fraction of sp³-hybridized carbons (Fsp3) is 0.548. The van der Waals surface area contributed by atoms with Gasteiger partial charge in [0.25, 0.3) is 0 Å². The van der Waals surface area contributed by atoms with E-state index in [0.29, 0.717) is 12.2 Å². The molecule has 0 radical (unpaired) electrons. The first-order valence-corrected chi connectivity index (χ1v) is 13.8. The van der Waals surface area contributed by atoms with Crippen molar-refractivity contribution in [1.29, 1.82) is 5.26 Å². The van der Waals surface area contributed by atoms with Gasteiger partial charge in [-0.2, -0.15) is 5.26 Å². The zero-order chi connectivity index (χ0) is 25.6. The molecule has 2 unspecified atom stereocenters. The Morgan fingerprint density at radius 3 is 2.22 bits per heavy atom. The van der Waals surface area contributed by atoms with Crippen molar-refractivity contribution in [3.05, 3.63) is 59.4 Å². The van der Waals surface area contributed by atoms with Crippen molar-refractivity contribution in [2.75, 3.05) is 6.61 Å². The molecule has 36 heavy (non-hydrogen) atoms. The van der Waals surface area contributed by atoms with Crippen LogP contribution in [0.15, 0.2) is 42.5 Å². The summed E-state index contributed by atoms with van der Waals surface area (Å²) in [6.45, 7) is 2.95. The number of esters is 1. The molecule has 4 nitrogen and oxygen atoms in total. The monoisotopic (exact) mass is 493 g/mol. The lowest BCUT2D eigenvalue weighted by molar-refractivity contribution is 0.0734. The number of halogens is 1.